The van der Waals surface area contributed by atoms with Crippen LogP contribution in [0.15, 0.2) is 42.5 Å². The summed E-state index contributed by atoms with van der Waals surface area (Å²) in [5.74, 6) is -0.0811. The molecule has 0 saturated carbocycles. The van der Waals surface area contributed by atoms with Crippen molar-refractivity contribution >= 4 is 29.5 Å². The maximum atomic E-state index is 12.1. The van der Waals surface area contributed by atoms with E-state index < -0.39 is 34.2 Å². The Morgan fingerprint density at radius 2 is 1.31 bits per heavy atom. The second-order valence-corrected chi connectivity index (χ2v) is 12.8. The highest BCUT2D eigenvalue weighted by Gasteiger charge is 2.33. The number of ether oxygens (including phenoxy) is 4. The Bertz CT molecular complexity index is 1390. The highest BCUT2D eigenvalue weighted by molar-refractivity contribution is 5.93. The van der Waals surface area contributed by atoms with Crippen LogP contribution < -0.4 is 20.9 Å². The predicted octanol–water partition coefficient (Wildman–Crippen LogP) is 4.74. The lowest BCUT2D eigenvalue weighted by atomic mass is 10.2. The monoisotopic (exact) mass is 629 g/mol. The Labute approximate surface area is 262 Å². The van der Waals surface area contributed by atoms with Gasteiger partial charge in [0.1, 0.15) is 29.2 Å². The highest BCUT2D eigenvalue weighted by atomic mass is 16.6. The lowest BCUT2D eigenvalue weighted by Crippen LogP contribution is -2.36. The maximum absolute atomic E-state index is 12.1. The number of nitro benzene ring substituents is 1. The maximum Gasteiger partial charge on any atom is 0.410 e. The Morgan fingerprint density at radius 3 is 1.76 bits per heavy atom. The third-order valence-corrected chi connectivity index (χ3v) is 6.54. The summed E-state index contributed by atoms with van der Waals surface area (Å²) in [7, 11) is 0. The molecule has 14 nitrogen and oxygen atoms in total. The van der Waals surface area contributed by atoms with E-state index in [1.165, 1.54) is 23.1 Å². The van der Waals surface area contributed by atoms with Crippen molar-refractivity contribution in [1.82, 2.24) is 9.80 Å². The zero-order valence-corrected chi connectivity index (χ0v) is 26.6. The quantitative estimate of drug-likeness (QED) is 0.256. The van der Waals surface area contributed by atoms with Gasteiger partial charge in [0.25, 0.3) is 0 Å². The molecule has 2 aromatic rings. The van der Waals surface area contributed by atoms with Crippen LogP contribution in [0.3, 0.4) is 0 Å². The smallest absolute Gasteiger partial charge is 0.410 e. The minimum Gasteiger partial charge on any atom is -0.486 e. The molecule has 0 radical (unpaired) electrons. The molecule has 14 heteroatoms. The van der Waals surface area contributed by atoms with Gasteiger partial charge in [0.2, 0.25) is 5.91 Å². The SMILES string of the molecule is CC(C)(C)OC(=O)N1CCC(Oc2cc(C(N)=O)ccc2[N+](=O)[O-])C1.CC(C)(C)OC(=O)N1CCC(Oc2ccccc2N)C1. The van der Waals surface area contributed by atoms with Crippen LogP contribution >= 0.6 is 0 Å². The van der Waals surface area contributed by atoms with E-state index in [2.05, 4.69) is 0 Å². The van der Waals surface area contributed by atoms with Gasteiger partial charge in [0, 0.05) is 43.6 Å². The fraction of sp³-hybridized carbons (Fsp3) is 0.516. The number of benzene rings is 2. The van der Waals surface area contributed by atoms with Crippen LogP contribution in [-0.4, -0.2) is 82.4 Å². The molecule has 0 aliphatic carbocycles. The fourth-order valence-electron chi connectivity index (χ4n) is 4.49. The zero-order chi connectivity index (χ0) is 33.5. The van der Waals surface area contributed by atoms with Gasteiger partial charge in [-0.1, -0.05) is 12.1 Å². The number of carbonyl (C=O) groups excluding carboxylic acids is 3. The second-order valence-electron chi connectivity index (χ2n) is 12.8. The van der Waals surface area contributed by atoms with Crippen molar-refractivity contribution in [2.75, 3.05) is 31.9 Å². The lowest BCUT2D eigenvalue weighted by Gasteiger charge is -2.24. The number of anilines is 1. The molecule has 45 heavy (non-hydrogen) atoms. The standard InChI is InChI=1S/C16H21N3O6.C15H22N2O3/c1-16(2,3)25-15(21)18-7-6-11(9-18)24-13-8-10(14(17)20)4-5-12(13)19(22)23;1-15(2,3)20-14(18)17-9-8-11(10-17)19-13-7-5-4-6-12(13)16/h4-5,8,11H,6-7,9H2,1-3H3,(H2,17,20);4-7,11H,8-10,16H2,1-3H3. The van der Waals surface area contributed by atoms with E-state index in [1.54, 1.807) is 31.7 Å². The topological polar surface area (TPSA) is 190 Å². The summed E-state index contributed by atoms with van der Waals surface area (Å²) in [6.07, 6.45) is 0.0651. The largest absolute Gasteiger partial charge is 0.486 e. The van der Waals surface area contributed by atoms with E-state index in [0.717, 1.165) is 6.42 Å². The van der Waals surface area contributed by atoms with Crippen LogP contribution in [0.4, 0.5) is 21.0 Å². The Balaban J connectivity index is 0.000000251. The molecule has 2 aliphatic heterocycles. The number of amides is 3. The van der Waals surface area contributed by atoms with E-state index >= 15 is 0 Å². The highest BCUT2D eigenvalue weighted by Crippen LogP contribution is 2.31. The first-order chi connectivity index (χ1) is 20.9. The average Bonchev–Trinajstić information content (AvgIpc) is 3.58. The van der Waals surface area contributed by atoms with Crippen molar-refractivity contribution < 1.29 is 38.3 Å². The molecule has 0 spiro atoms. The Kier molecular flexibility index (Phi) is 11.1. The molecule has 4 rings (SSSR count). The summed E-state index contributed by atoms with van der Waals surface area (Å²) in [5.41, 5.74) is 10.4. The molecule has 3 amide bonds. The molecule has 2 aromatic carbocycles. The van der Waals surface area contributed by atoms with Gasteiger partial charge in [-0.3, -0.25) is 14.9 Å². The normalized spacial score (nSPS) is 18.0. The van der Waals surface area contributed by atoms with E-state index in [0.29, 0.717) is 37.5 Å². The predicted molar refractivity (Wildman–Crippen MR) is 166 cm³/mol. The third-order valence-electron chi connectivity index (χ3n) is 6.54. The van der Waals surface area contributed by atoms with Gasteiger partial charge < -0.3 is 40.2 Å². The minimum atomic E-state index is -0.707. The molecule has 2 aliphatic rings. The summed E-state index contributed by atoms with van der Waals surface area (Å²) < 4.78 is 22.2. The minimum absolute atomic E-state index is 0.0350. The molecule has 0 aromatic heterocycles. The average molecular weight is 630 g/mol. The van der Waals surface area contributed by atoms with Gasteiger partial charge >= 0.3 is 17.9 Å². The number of likely N-dealkylation sites (tertiary alicyclic amines) is 2. The summed E-state index contributed by atoms with van der Waals surface area (Å²) >= 11 is 0. The summed E-state index contributed by atoms with van der Waals surface area (Å²) in [6, 6.07) is 11.1. The molecule has 246 valence electrons. The molecule has 2 atom stereocenters. The van der Waals surface area contributed by atoms with Gasteiger partial charge in [-0.2, -0.15) is 0 Å². The molecule has 2 saturated heterocycles. The van der Waals surface area contributed by atoms with E-state index in [9.17, 15) is 24.5 Å². The van der Waals surface area contributed by atoms with Gasteiger partial charge in [-0.25, -0.2) is 9.59 Å². The number of carbonyl (C=O) groups is 3. The molecule has 0 bridgehead atoms. The number of para-hydroxylation sites is 2. The Morgan fingerprint density at radius 1 is 0.822 bits per heavy atom. The van der Waals surface area contributed by atoms with Gasteiger partial charge in [0.05, 0.1) is 23.7 Å². The third kappa shape index (κ3) is 10.7. The number of nitrogen functional groups attached to an aromatic ring is 1. The molecular formula is C31H43N5O9. The molecule has 2 fully saturated rings. The fourth-order valence-corrected chi connectivity index (χ4v) is 4.49. The van der Waals surface area contributed by atoms with Crippen LogP contribution in [0.1, 0.15) is 64.7 Å². The van der Waals surface area contributed by atoms with Gasteiger partial charge in [-0.05, 0) is 59.7 Å². The van der Waals surface area contributed by atoms with E-state index in [1.807, 2.05) is 39.0 Å². The van der Waals surface area contributed by atoms with Crippen molar-refractivity contribution in [2.24, 2.45) is 5.73 Å². The first kappa shape index (κ1) is 34.7. The van der Waals surface area contributed by atoms with E-state index in [-0.39, 0.29) is 35.7 Å². The number of nitrogens with zero attached hydrogens (tertiary/aromatic N) is 3. The Hall–Kier alpha value is -4.75. The van der Waals surface area contributed by atoms with Gasteiger partial charge in [-0.15, -0.1) is 0 Å². The summed E-state index contributed by atoms with van der Waals surface area (Å²) in [6.45, 7) is 12.7. The van der Waals surface area contributed by atoms with Crippen molar-refractivity contribution in [2.45, 2.75) is 77.8 Å². The number of hydrogen-bond donors (Lipinski definition) is 2. The van der Waals surface area contributed by atoms with Crippen LogP contribution in [0.5, 0.6) is 11.5 Å². The van der Waals surface area contributed by atoms with Crippen molar-refractivity contribution in [3.8, 4) is 11.5 Å². The lowest BCUT2D eigenvalue weighted by molar-refractivity contribution is -0.386. The number of rotatable bonds is 6. The second kappa shape index (κ2) is 14.4. The van der Waals surface area contributed by atoms with Crippen molar-refractivity contribution in [3.63, 3.8) is 0 Å². The van der Waals surface area contributed by atoms with Crippen molar-refractivity contribution in [1.29, 1.82) is 0 Å². The molecule has 2 unspecified atom stereocenters. The molecule has 4 N–H and O–H groups in total. The van der Waals surface area contributed by atoms with Crippen molar-refractivity contribution in [3.05, 3.63) is 58.1 Å². The first-order valence-corrected chi connectivity index (χ1v) is 14.6. The van der Waals surface area contributed by atoms with Gasteiger partial charge in [0.15, 0.2) is 5.75 Å². The molecule has 2 heterocycles. The number of hydrogen-bond acceptors (Lipinski definition) is 10. The number of primary amides is 1. The zero-order valence-electron chi connectivity index (χ0n) is 26.6. The first-order valence-electron chi connectivity index (χ1n) is 14.6. The molecular weight excluding hydrogens is 586 g/mol. The summed E-state index contributed by atoms with van der Waals surface area (Å²) in [4.78, 5) is 49.0. The van der Waals surface area contributed by atoms with Crippen LogP contribution in [0, 0.1) is 10.1 Å². The van der Waals surface area contributed by atoms with Crippen LogP contribution in [0.25, 0.3) is 0 Å². The van der Waals surface area contributed by atoms with Crippen LogP contribution in [-0.2, 0) is 9.47 Å². The number of nitrogens with two attached hydrogens (primary N) is 2. The number of nitro groups is 1. The van der Waals surface area contributed by atoms with E-state index in [4.69, 9.17) is 30.4 Å². The summed E-state index contributed by atoms with van der Waals surface area (Å²) in [5, 5.41) is 11.1. The van der Waals surface area contributed by atoms with Crippen LogP contribution in [0.2, 0.25) is 0 Å².